The van der Waals surface area contributed by atoms with Gasteiger partial charge in [0.2, 0.25) is 12.5 Å². The van der Waals surface area contributed by atoms with Crippen molar-refractivity contribution >= 4 is 18.9 Å². The Bertz CT molecular complexity index is 1450. The number of methoxy groups -OCH3 is 2. The van der Waals surface area contributed by atoms with Crippen LogP contribution in [0.2, 0.25) is 0 Å². The van der Waals surface area contributed by atoms with Crippen LogP contribution in [0, 0.1) is 11.8 Å². The maximum atomic E-state index is 13.4. The van der Waals surface area contributed by atoms with Crippen LogP contribution in [-0.2, 0) is 38.1 Å². The molecule has 0 radical (unpaired) electrons. The van der Waals surface area contributed by atoms with Crippen LogP contribution in [0.1, 0.15) is 35.6 Å². The first kappa shape index (κ1) is 34.9. The lowest BCUT2D eigenvalue weighted by Crippen LogP contribution is -2.63. The van der Waals surface area contributed by atoms with Crippen molar-refractivity contribution < 1.29 is 82.5 Å². The number of benzene rings is 2. The number of phenolic OH excluding ortho intramolecular Hbond substituents is 1. The number of hydrogen-bond donors (Lipinski definition) is 5. The number of carboxylic acid groups (broad SMARTS) is 2. The number of cyclic esters (lactones) is 1. The Morgan fingerprint density at radius 1 is 0.854 bits per heavy atom. The second-order valence-corrected chi connectivity index (χ2v) is 11.2. The highest BCUT2D eigenvalue weighted by Gasteiger charge is 2.56. The van der Waals surface area contributed by atoms with E-state index < -0.39 is 66.8 Å². The Kier molecular flexibility index (Phi) is 10.8. The number of aromatic hydroxyl groups is 1. The van der Waals surface area contributed by atoms with Crippen LogP contribution < -0.4 is 18.9 Å². The Morgan fingerprint density at radius 3 is 2.06 bits per heavy atom. The van der Waals surface area contributed by atoms with Crippen LogP contribution in [0.4, 0.5) is 0 Å². The van der Waals surface area contributed by atoms with Gasteiger partial charge in [-0.25, -0.2) is 0 Å². The number of fused-ring (bicyclic) bond motifs is 4. The third kappa shape index (κ3) is 6.39. The minimum atomic E-state index is -1.44. The van der Waals surface area contributed by atoms with Gasteiger partial charge in [0.05, 0.1) is 39.5 Å². The minimum Gasteiger partial charge on any atom is -0.502 e. The largest absolute Gasteiger partial charge is 0.502 e. The molecule has 5 aliphatic rings. The highest BCUT2D eigenvalue weighted by molar-refractivity contribution is 5.79. The van der Waals surface area contributed by atoms with Crippen LogP contribution in [0.15, 0.2) is 24.3 Å². The lowest BCUT2D eigenvalue weighted by Gasteiger charge is -2.47. The van der Waals surface area contributed by atoms with E-state index in [9.17, 15) is 20.1 Å². The van der Waals surface area contributed by atoms with Crippen LogP contribution in [-0.4, -0.2) is 116 Å². The zero-order chi connectivity index (χ0) is 34.7. The van der Waals surface area contributed by atoms with Crippen molar-refractivity contribution in [3.8, 4) is 28.7 Å². The fourth-order valence-electron chi connectivity index (χ4n) is 6.74. The van der Waals surface area contributed by atoms with Gasteiger partial charge in [0, 0.05) is 11.8 Å². The van der Waals surface area contributed by atoms with E-state index in [4.69, 9.17) is 62.4 Å². The third-order valence-electron chi connectivity index (χ3n) is 8.75. The van der Waals surface area contributed by atoms with Gasteiger partial charge in [0.1, 0.15) is 24.4 Å². The summed E-state index contributed by atoms with van der Waals surface area (Å²) in [7, 11) is 2.86. The summed E-state index contributed by atoms with van der Waals surface area (Å²) in [6.45, 7) is 1.43. The van der Waals surface area contributed by atoms with E-state index in [1.807, 2.05) is 0 Å². The molecule has 5 N–H and O–H groups in total. The van der Waals surface area contributed by atoms with E-state index in [0.717, 1.165) is 0 Å². The summed E-state index contributed by atoms with van der Waals surface area (Å²) in [5.74, 6) is -1.02. The molecule has 2 aromatic rings. The topological polar surface area (TPSA) is 235 Å². The quantitative estimate of drug-likeness (QED) is 0.216. The number of aliphatic hydroxyl groups is 2. The smallest absolute Gasteiger partial charge is 0.310 e. The number of aliphatic hydroxyl groups excluding tert-OH is 2. The second-order valence-electron chi connectivity index (χ2n) is 11.2. The summed E-state index contributed by atoms with van der Waals surface area (Å²) in [6.07, 6.45) is -6.80. The van der Waals surface area contributed by atoms with Crippen molar-refractivity contribution in [1.29, 1.82) is 0 Å². The van der Waals surface area contributed by atoms with Crippen LogP contribution in [0.5, 0.6) is 28.7 Å². The number of ether oxygens (including phenoxy) is 9. The van der Waals surface area contributed by atoms with Crippen LogP contribution in [0.25, 0.3) is 0 Å². The van der Waals surface area contributed by atoms with Crippen molar-refractivity contribution in [2.24, 2.45) is 11.8 Å². The fourth-order valence-corrected chi connectivity index (χ4v) is 6.74. The summed E-state index contributed by atoms with van der Waals surface area (Å²) in [5.41, 5.74) is 2.01. The molecule has 0 saturated carbocycles. The summed E-state index contributed by atoms with van der Waals surface area (Å²) in [5, 5.41) is 46.3. The Hall–Kier alpha value is -4.39. The Labute approximate surface area is 273 Å². The normalized spacial score (nSPS) is 32.4. The molecule has 0 spiro atoms. The molecule has 48 heavy (non-hydrogen) atoms. The van der Waals surface area contributed by atoms with Crippen molar-refractivity contribution in [3.63, 3.8) is 0 Å². The molecule has 4 heterocycles. The van der Waals surface area contributed by atoms with Crippen LogP contribution >= 0.6 is 0 Å². The highest BCUT2D eigenvalue weighted by atomic mass is 16.8. The number of carbonyl (C=O) groups is 3. The molecule has 2 unspecified atom stereocenters. The van der Waals surface area contributed by atoms with E-state index in [2.05, 4.69) is 0 Å². The van der Waals surface area contributed by atoms with E-state index in [1.54, 1.807) is 31.2 Å². The van der Waals surface area contributed by atoms with Crippen molar-refractivity contribution in [3.05, 3.63) is 41.0 Å². The molecule has 7 rings (SSSR count). The van der Waals surface area contributed by atoms with Gasteiger partial charge in [-0.1, -0.05) is 0 Å². The maximum Gasteiger partial charge on any atom is 0.310 e. The lowest BCUT2D eigenvalue weighted by atomic mass is 9.66. The highest BCUT2D eigenvalue weighted by Crippen LogP contribution is 2.57. The molecule has 0 amide bonds. The molecule has 10 atom stereocenters. The van der Waals surface area contributed by atoms with Gasteiger partial charge in [-0.3, -0.25) is 14.4 Å². The van der Waals surface area contributed by atoms with E-state index >= 15 is 0 Å². The number of carbonyl (C=O) groups excluding carboxylic acids is 1. The number of hydrogen-bond acceptors (Lipinski definition) is 15. The monoisotopic (exact) mass is 680 g/mol. The van der Waals surface area contributed by atoms with Crippen molar-refractivity contribution in [2.45, 2.75) is 55.9 Å². The predicted molar refractivity (Wildman–Crippen MR) is 156 cm³/mol. The first-order chi connectivity index (χ1) is 23.1. The van der Waals surface area contributed by atoms with Crippen molar-refractivity contribution in [2.75, 3.05) is 34.2 Å². The number of rotatable bonds is 5. The standard InChI is InChI=1S/C29H32O13.2CH2O2/c1-11-36-9-20-27(40-11)24(31)25(32)29(41-20)42-26-14-7-17-16(38-10-39-17)6-13(14)21(22-15(26)8-37-28(22)33)12-4-18(34-2)23(30)19(5-12)35-3;2*2-1-3/h4-7,11,15,20-22,24-27,29-32H,8-10H2,1-3H3;2*1H,(H,2,3)/t11-,15?,20-,21-,22+,24-,25-,26?,27-,29+;;/m1../s1. The molecule has 0 bridgehead atoms. The zero-order valence-electron chi connectivity index (χ0n) is 26.0. The molecule has 0 aromatic heterocycles. The van der Waals surface area contributed by atoms with E-state index in [0.29, 0.717) is 28.2 Å². The summed E-state index contributed by atoms with van der Waals surface area (Å²) in [4.78, 5) is 30.1. The second kappa shape index (κ2) is 14.8. The predicted octanol–water partition coefficient (Wildman–Crippen LogP) is 0.740. The van der Waals surface area contributed by atoms with Gasteiger partial charge in [-0.05, 0) is 47.9 Å². The molecule has 2 aromatic carbocycles. The minimum absolute atomic E-state index is 0.0301. The lowest BCUT2D eigenvalue weighted by molar-refractivity contribution is -0.364. The molecular formula is C31H36O17. The van der Waals surface area contributed by atoms with Gasteiger partial charge in [-0.2, -0.15) is 0 Å². The maximum absolute atomic E-state index is 13.4. The Balaban J connectivity index is 0.000000701. The number of phenols is 1. The fraction of sp³-hybridized carbons (Fsp3) is 0.516. The summed E-state index contributed by atoms with van der Waals surface area (Å²) in [6, 6.07) is 6.93. The summed E-state index contributed by atoms with van der Waals surface area (Å²) < 4.78 is 51.5. The van der Waals surface area contributed by atoms with Gasteiger partial charge in [0.25, 0.3) is 12.9 Å². The SMILES string of the molecule is COc1cc([C@@H]2c3cc4c(cc3C(O[C@@H]3O[C@@H]5CO[C@@H](C)O[C@H]5[C@H](O)[C@H]3O)C3COC(=O)[C@@H]32)OCO4)cc(OC)c1O.O=CO.O=CO. The first-order valence-electron chi connectivity index (χ1n) is 14.8. The summed E-state index contributed by atoms with van der Waals surface area (Å²) >= 11 is 0. The van der Waals surface area contributed by atoms with Gasteiger partial charge in [-0.15, -0.1) is 0 Å². The van der Waals surface area contributed by atoms with Gasteiger partial charge < -0.3 is 68.2 Å². The van der Waals surface area contributed by atoms with E-state index in [-0.39, 0.29) is 50.2 Å². The molecule has 3 saturated heterocycles. The molecular weight excluding hydrogens is 644 g/mol. The first-order valence-corrected chi connectivity index (χ1v) is 14.8. The molecule has 17 heteroatoms. The molecule has 1 aliphatic carbocycles. The van der Waals surface area contributed by atoms with Gasteiger partial charge >= 0.3 is 5.97 Å². The van der Waals surface area contributed by atoms with Gasteiger partial charge in [0.15, 0.2) is 35.6 Å². The zero-order valence-corrected chi connectivity index (χ0v) is 26.0. The average Bonchev–Trinajstić information content (AvgIpc) is 3.70. The molecule has 17 nitrogen and oxygen atoms in total. The molecule has 262 valence electrons. The van der Waals surface area contributed by atoms with Crippen LogP contribution in [0.3, 0.4) is 0 Å². The van der Waals surface area contributed by atoms with E-state index in [1.165, 1.54) is 14.2 Å². The third-order valence-corrected chi connectivity index (χ3v) is 8.75. The molecule has 4 aliphatic heterocycles. The number of esters is 1. The molecule has 3 fully saturated rings. The van der Waals surface area contributed by atoms with Crippen molar-refractivity contribution in [1.82, 2.24) is 0 Å². The average molecular weight is 681 g/mol. The Morgan fingerprint density at radius 2 is 1.46 bits per heavy atom.